The Morgan fingerprint density at radius 3 is 2.50 bits per heavy atom. The second-order valence-electron chi connectivity index (χ2n) is 6.55. The van der Waals surface area contributed by atoms with Crippen molar-refractivity contribution >= 4 is 11.5 Å². The summed E-state index contributed by atoms with van der Waals surface area (Å²) in [5.41, 5.74) is 5.93. The van der Waals surface area contributed by atoms with Gasteiger partial charge in [0.2, 0.25) is 0 Å². The van der Waals surface area contributed by atoms with Crippen LogP contribution in [0.4, 0.5) is 5.82 Å². The molecule has 1 aromatic carbocycles. The van der Waals surface area contributed by atoms with E-state index in [1.165, 1.54) is 0 Å². The summed E-state index contributed by atoms with van der Waals surface area (Å²) in [6, 6.07) is 18.5. The number of aryl methyl sites for hydroxylation is 2. The van der Waals surface area contributed by atoms with Crippen LogP contribution >= 0.6 is 0 Å². The molecule has 0 saturated carbocycles. The lowest BCUT2D eigenvalue weighted by atomic mass is 10.1. The van der Waals surface area contributed by atoms with E-state index in [-0.39, 0.29) is 6.04 Å². The standard InChI is InChI=1S/C21H21N5/c1-14-9-10-18(13-22-14)16(3)23-21-12-19(17-7-5-4-6-8-17)24-20-11-15(2)25-26(20)21/h4-13,16,23H,1-3H3. The van der Waals surface area contributed by atoms with Gasteiger partial charge in [0.15, 0.2) is 5.65 Å². The van der Waals surface area contributed by atoms with Crippen LogP contribution in [0.25, 0.3) is 16.9 Å². The third-order valence-electron chi connectivity index (χ3n) is 4.42. The number of hydrogen-bond donors (Lipinski definition) is 1. The molecular weight excluding hydrogens is 322 g/mol. The van der Waals surface area contributed by atoms with E-state index < -0.39 is 0 Å². The molecule has 5 heteroatoms. The van der Waals surface area contributed by atoms with E-state index in [0.29, 0.717) is 0 Å². The van der Waals surface area contributed by atoms with Crippen LogP contribution < -0.4 is 5.32 Å². The summed E-state index contributed by atoms with van der Waals surface area (Å²) >= 11 is 0. The van der Waals surface area contributed by atoms with Gasteiger partial charge in [-0.1, -0.05) is 36.4 Å². The lowest BCUT2D eigenvalue weighted by molar-refractivity contribution is 0.830. The second kappa shape index (κ2) is 6.59. The van der Waals surface area contributed by atoms with Crippen molar-refractivity contribution in [2.75, 3.05) is 5.32 Å². The fraction of sp³-hybridized carbons (Fsp3) is 0.190. The van der Waals surface area contributed by atoms with Crippen molar-refractivity contribution in [2.24, 2.45) is 0 Å². The smallest absolute Gasteiger partial charge is 0.158 e. The molecule has 0 bridgehead atoms. The van der Waals surface area contributed by atoms with E-state index in [2.05, 4.69) is 40.5 Å². The first-order valence-electron chi connectivity index (χ1n) is 8.72. The van der Waals surface area contributed by atoms with Gasteiger partial charge in [-0.3, -0.25) is 4.98 Å². The molecule has 1 unspecified atom stereocenters. The van der Waals surface area contributed by atoms with Gasteiger partial charge in [-0.05, 0) is 32.4 Å². The summed E-state index contributed by atoms with van der Waals surface area (Å²) in [6.45, 7) is 6.10. The number of benzene rings is 1. The molecule has 0 aliphatic heterocycles. The molecule has 4 aromatic rings. The molecule has 4 rings (SSSR count). The fourth-order valence-corrected chi connectivity index (χ4v) is 2.99. The van der Waals surface area contributed by atoms with Crippen LogP contribution in [0.15, 0.2) is 60.8 Å². The predicted octanol–water partition coefficient (Wildman–Crippen LogP) is 4.58. The minimum absolute atomic E-state index is 0.0989. The lowest BCUT2D eigenvalue weighted by Gasteiger charge is -2.17. The van der Waals surface area contributed by atoms with Gasteiger partial charge < -0.3 is 5.32 Å². The normalized spacial score (nSPS) is 12.3. The SMILES string of the molecule is Cc1ccc(C(C)Nc2cc(-c3ccccc3)nc3cc(C)nn23)cn1. The third-order valence-corrected chi connectivity index (χ3v) is 4.42. The number of anilines is 1. The Kier molecular flexibility index (Phi) is 4.13. The van der Waals surface area contributed by atoms with E-state index in [0.717, 1.165) is 39.7 Å². The largest absolute Gasteiger partial charge is 0.363 e. The van der Waals surface area contributed by atoms with Crippen LogP contribution in [0, 0.1) is 13.8 Å². The Morgan fingerprint density at radius 1 is 0.962 bits per heavy atom. The summed E-state index contributed by atoms with van der Waals surface area (Å²) in [5, 5.41) is 8.15. The Hall–Kier alpha value is -3.21. The highest BCUT2D eigenvalue weighted by Crippen LogP contribution is 2.25. The Labute approximate surface area is 152 Å². The van der Waals surface area contributed by atoms with Crippen LogP contribution in [-0.4, -0.2) is 19.6 Å². The van der Waals surface area contributed by atoms with Crippen LogP contribution in [0.5, 0.6) is 0 Å². The number of fused-ring (bicyclic) bond motifs is 1. The molecule has 1 atom stereocenters. The molecule has 1 N–H and O–H groups in total. The molecule has 0 aliphatic carbocycles. The molecule has 0 spiro atoms. The maximum Gasteiger partial charge on any atom is 0.158 e. The van der Waals surface area contributed by atoms with Gasteiger partial charge in [0, 0.05) is 29.6 Å². The zero-order valence-corrected chi connectivity index (χ0v) is 15.1. The molecule has 3 aromatic heterocycles. The maximum absolute atomic E-state index is 4.77. The van der Waals surface area contributed by atoms with Gasteiger partial charge >= 0.3 is 0 Å². The van der Waals surface area contributed by atoms with E-state index in [1.54, 1.807) is 0 Å². The third kappa shape index (κ3) is 3.16. The first-order chi connectivity index (χ1) is 12.6. The average Bonchev–Trinajstić information content (AvgIpc) is 3.03. The molecule has 5 nitrogen and oxygen atoms in total. The number of nitrogens with one attached hydrogen (secondary N) is 1. The van der Waals surface area contributed by atoms with Crippen LogP contribution in [0.2, 0.25) is 0 Å². The van der Waals surface area contributed by atoms with E-state index in [1.807, 2.05) is 61.0 Å². The predicted molar refractivity (Wildman–Crippen MR) is 104 cm³/mol. The van der Waals surface area contributed by atoms with Gasteiger partial charge in [-0.2, -0.15) is 9.61 Å². The highest BCUT2D eigenvalue weighted by Gasteiger charge is 2.13. The first kappa shape index (κ1) is 16.3. The van der Waals surface area contributed by atoms with Crippen molar-refractivity contribution in [1.29, 1.82) is 0 Å². The molecule has 0 saturated heterocycles. The van der Waals surface area contributed by atoms with Gasteiger partial charge in [0.25, 0.3) is 0 Å². The zero-order chi connectivity index (χ0) is 18.1. The Bertz CT molecular complexity index is 1040. The molecule has 26 heavy (non-hydrogen) atoms. The van der Waals surface area contributed by atoms with Crippen molar-refractivity contribution in [1.82, 2.24) is 19.6 Å². The summed E-state index contributed by atoms with van der Waals surface area (Å²) in [7, 11) is 0. The molecule has 0 amide bonds. The minimum Gasteiger partial charge on any atom is -0.363 e. The summed E-state index contributed by atoms with van der Waals surface area (Å²) in [6.07, 6.45) is 1.91. The highest BCUT2D eigenvalue weighted by atomic mass is 15.3. The van der Waals surface area contributed by atoms with Gasteiger partial charge in [0.05, 0.1) is 17.4 Å². The van der Waals surface area contributed by atoms with Crippen LogP contribution in [0.1, 0.15) is 29.9 Å². The van der Waals surface area contributed by atoms with Crippen molar-refractivity contribution in [2.45, 2.75) is 26.8 Å². The average molecular weight is 343 g/mol. The molecule has 0 fully saturated rings. The number of nitrogens with zero attached hydrogens (tertiary/aromatic N) is 4. The summed E-state index contributed by atoms with van der Waals surface area (Å²) in [4.78, 5) is 9.17. The van der Waals surface area contributed by atoms with Crippen LogP contribution in [-0.2, 0) is 0 Å². The van der Waals surface area contributed by atoms with E-state index in [4.69, 9.17) is 4.98 Å². The first-order valence-corrected chi connectivity index (χ1v) is 8.72. The number of pyridine rings is 1. The molecule has 3 heterocycles. The van der Waals surface area contributed by atoms with Gasteiger partial charge in [-0.25, -0.2) is 4.98 Å². The monoisotopic (exact) mass is 343 g/mol. The molecule has 0 aliphatic rings. The lowest BCUT2D eigenvalue weighted by Crippen LogP contribution is -2.11. The highest BCUT2D eigenvalue weighted by molar-refractivity contribution is 5.66. The van der Waals surface area contributed by atoms with Crippen molar-refractivity contribution < 1.29 is 0 Å². The number of hydrogen-bond acceptors (Lipinski definition) is 4. The number of aromatic nitrogens is 4. The maximum atomic E-state index is 4.77. The molecule has 130 valence electrons. The summed E-state index contributed by atoms with van der Waals surface area (Å²) in [5.74, 6) is 0.912. The fourth-order valence-electron chi connectivity index (χ4n) is 2.99. The molecule has 0 radical (unpaired) electrons. The van der Waals surface area contributed by atoms with Crippen LogP contribution in [0.3, 0.4) is 0 Å². The Balaban J connectivity index is 1.76. The number of rotatable bonds is 4. The van der Waals surface area contributed by atoms with Crippen molar-refractivity contribution in [3.8, 4) is 11.3 Å². The summed E-state index contributed by atoms with van der Waals surface area (Å²) < 4.78 is 1.86. The van der Waals surface area contributed by atoms with E-state index >= 15 is 0 Å². The zero-order valence-electron chi connectivity index (χ0n) is 15.1. The van der Waals surface area contributed by atoms with Crippen molar-refractivity contribution in [3.63, 3.8) is 0 Å². The topological polar surface area (TPSA) is 55.1 Å². The Morgan fingerprint density at radius 2 is 1.77 bits per heavy atom. The van der Waals surface area contributed by atoms with E-state index in [9.17, 15) is 0 Å². The molecular formula is C21H21N5. The van der Waals surface area contributed by atoms with Gasteiger partial charge in [-0.15, -0.1) is 0 Å². The second-order valence-corrected chi connectivity index (χ2v) is 6.55. The quantitative estimate of drug-likeness (QED) is 0.589. The minimum atomic E-state index is 0.0989. The van der Waals surface area contributed by atoms with Crippen molar-refractivity contribution in [3.05, 3.63) is 77.7 Å². The van der Waals surface area contributed by atoms with Gasteiger partial charge in [0.1, 0.15) is 5.82 Å².